The zero-order valence-corrected chi connectivity index (χ0v) is 12.5. The van der Waals surface area contributed by atoms with Gasteiger partial charge in [-0.2, -0.15) is 0 Å². The van der Waals surface area contributed by atoms with Crippen molar-refractivity contribution in [2.45, 2.75) is 33.3 Å². The number of aromatic hydroxyl groups is 1. The fourth-order valence-electron chi connectivity index (χ4n) is 2.01. The van der Waals surface area contributed by atoms with Crippen molar-refractivity contribution in [1.82, 2.24) is 4.98 Å². The van der Waals surface area contributed by atoms with Crippen molar-refractivity contribution in [1.29, 1.82) is 0 Å². The highest BCUT2D eigenvalue weighted by Gasteiger charge is 2.09. The Labute approximate surface area is 124 Å². The van der Waals surface area contributed by atoms with Crippen LogP contribution >= 0.6 is 0 Å². The van der Waals surface area contributed by atoms with E-state index in [1.165, 1.54) is 5.56 Å². The zero-order chi connectivity index (χ0) is 15.4. The molecular formula is C17H20N2O2. The Hall–Kier alpha value is -2.20. The molecule has 2 N–H and O–H groups in total. The third-order valence-electron chi connectivity index (χ3n) is 3.43. The van der Waals surface area contributed by atoms with Crippen molar-refractivity contribution < 1.29 is 10.2 Å². The summed E-state index contributed by atoms with van der Waals surface area (Å²) in [5.74, 6) is 0.542. The highest BCUT2D eigenvalue weighted by atomic mass is 16.3. The first-order valence-corrected chi connectivity index (χ1v) is 6.95. The van der Waals surface area contributed by atoms with E-state index in [1.54, 1.807) is 19.3 Å². The average molecular weight is 284 g/mol. The molecule has 0 radical (unpaired) electrons. The number of aliphatic hydroxyl groups excluding tert-OH is 1. The van der Waals surface area contributed by atoms with Gasteiger partial charge in [0.2, 0.25) is 0 Å². The summed E-state index contributed by atoms with van der Waals surface area (Å²) in [6.07, 6.45) is 3.12. The van der Waals surface area contributed by atoms with Crippen molar-refractivity contribution in [2.24, 2.45) is 4.99 Å². The number of benzene rings is 1. The molecule has 0 unspecified atom stereocenters. The number of aryl methyl sites for hydroxylation is 1. The summed E-state index contributed by atoms with van der Waals surface area (Å²) in [5.41, 5.74) is 3.65. The highest BCUT2D eigenvalue weighted by Crippen LogP contribution is 2.24. The molecule has 1 aromatic carbocycles. The molecular weight excluding hydrogens is 264 g/mol. The van der Waals surface area contributed by atoms with Crippen LogP contribution in [0.15, 0.2) is 35.5 Å². The molecule has 0 amide bonds. The maximum atomic E-state index is 10.0. The zero-order valence-electron chi connectivity index (χ0n) is 12.5. The fourth-order valence-corrected chi connectivity index (χ4v) is 2.01. The van der Waals surface area contributed by atoms with Gasteiger partial charge in [-0.15, -0.1) is 0 Å². The first-order chi connectivity index (χ1) is 10.0. The van der Waals surface area contributed by atoms with Crippen LogP contribution in [0.5, 0.6) is 5.75 Å². The third kappa shape index (κ3) is 3.47. The third-order valence-corrected chi connectivity index (χ3v) is 3.43. The van der Waals surface area contributed by atoms with E-state index >= 15 is 0 Å². The quantitative estimate of drug-likeness (QED) is 0.845. The number of aromatic nitrogens is 1. The average Bonchev–Trinajstić information content (AvgIpc) is 2.49. The Kier molecular flexibility index (Phi) is 4.70. The van der Waals surface area contributed by atoms with Gasteiger partial charge in [0, 0.05) is 23.5 Å². The van der Waals surface area contributed by atoms with E-state index < -0.39 is 0 Å². The van der Waals surface area contributed by atoms with Crippen LogP contribution in [0.25, 0.3) is 0 Å². The van der Waals surface area contributed by atoms with Gasteiger partial charge >= 0.3 is 0 Å². The maximum absolute atomic E-state index is 10.0. The lowest BCUT2D eigenvalue weighted by Gasteiger charge is -2.07. The number of hydrogen-bond donors (Lipinski definition) is 2. The van der Waals surface area contributed by atoms with Gasteiger partial charge in [-0.1, -0.05) is 26.0 Å². The molecule has 0 aliphatic rings. The minimum absolute atomic E-state index is 0.0594. The number of rotatable bonds is 4. The van der Waals surface area contributed by atoms with Crippen molar-refractivity contribution in [3.63, 3.8) is 0 Å². The van der Waals surface area contributed by atoms with Gasteiger partial charge in [0.25, 0.3) is 0 Å². The Bertz CT molecular complexity index is 647. The normalized spacial score (nSPS) is 11.5. The summed E-state index contributed by atoms with van der Waals surface area (Å²) >= 11 is 0. The number of pyridine rings is 1. The second-order valence-corrected chi connectivity index (χ2v) is 5.29. The Morgan fingerprint density at radius 3 is 2.48 bits per heavy atom. The van der Waals surface area contributed by atoms with Gasteiger partial charge < -0.3 is 10.2 Å². The fraction of sp³-hybridized carbons (Fsp3) is 0.294. The molecule has 0 atom stereocenters. The molecule has 110 valence electrons. The summed E-state index contributed by atoms with van der Waals surface area (Å²) in [5, 5.41) is 19.4. The second kappa shape index (κ2) is 6.50. The standard InChI is InChI=1S/C17H20N2O2/c1-11(2)13-4-6-15(7-5-13)19-9-16-14(10-20)8-18-12(3)17(16)21/h4-9,11,20-21H,10H2,1-3H3. The monoisotopic (exact) mass is 284 g/mol. The number of aliphatic imine (C=N–C) groups is 1. The SMILES string of the molecule is Cc1ncc(CO)c(C=Nc2ccc(C(C)C)cc2)c1O. The number of nitrogens with zero attached hydrogens (tertiary/aromatic N) is 2. The van der Waals surface area contributed by atoms with Crippen molar-refractivity contribution >= 4 is 11.9 Å². The minimum atomic E-state index is -0.186. The lowest BCUT2D eigenvalue weighted by Crippen LogP contribution is -1.97. The molecule has 2 aromatic rings. The van der Waals surface area contributed by atoms with Crippen molar-refractivity contribution in [2.75, 3.05) is 0 Å². The van der Waals surface area contributed by atoms with E-state index in [9.17, 15) is 10.2 Å². The molecule has 0 bridgehead atoms. The van der Waals surface area contributed by atoms with Crippen LogP contribution in [0.1, 0.15) is 42.1 Å². The first kappa shape index (κ1) is 15.2. The van der Waals surface area contributed by atoms with Gasteiger partial charge in [-0.05, 0) is 30.5 Å². The summed E-state index contributed by atoms with van der Waals surface area (Å²) in [7, 11) is 0. The Morgan fingerprint density at radius 2 is 1.90 bits per heavy atom. The van der Waals surface area contributed by atoms with Crippen LogP contribution in [0.2, 0.25) is 0 Å². The molecule has 0 saturated heterocycles. The topological polar surface area (TPSA) is 65.7 Å². The van der Waals surface area contributed by atoms with E-state index in [0.29, 0.717) is 22.7 Å². The van der Waals surface area contributed by atoms with Gasteiger partial charge in [-0.25, -0.2) is 0 Å². The molecule has 1 heterocycles. The minimum Gasteiger partial charge on any atom is -0.505 e. The Morgan fingerprint density at radius 1 is 1.24 bits per heavy atom. The smallest absolute Gasteiger partial charge is 0.145 e. The van der Waals surface area contributed by atoms with Crippen LogP contribution in [-0.4, -0.2) is 21.4 Å². The molecule has 0 fully saturated rings. The predicted molar refractivity (Wildman–Crippen MR) is 84.3 cm³/mol. The maximum Gasteiger partial charge on any atom is 0.145 e. The van der Waals surface area contributed by atoms with E-state index in [-0.39, 0.29) is 12.4 Å². The van der Waals surface area contributed by atoms with Crippen molar-refractivity contribution in [3.8, 4) is 5.75 Å². The van der Waals surface area contributed by atoms with Crippen LogP contribution in [0, 0.1) is 6.92 Å². The Balaban J connectivity index is 2.31. The van der Waals surface area contributed by atoms with Crippen LogP contribution in [0.4, 0.5) is 5.69 Å². The first-order valence-electron chi connectivity index (χ1n) is 6.95. The second-order valence-electron chi connectivity index (χ2n) is 5.29. The molecule has 0 saturated carbocycles. The summed E-state index contributed by atoms with van der Waals surface area (Å²) in [6, 6.07) is 7.97. The van der Waals surface area contributed by atoms with Gasteiger partial charge in [-0.3, -0.25) is 9.98 Å². The van der Waals surface area contributed by atoms with Crippen LogP contribution in [-0.2, 0) is 6.61 Å². The van der Waals surface area contributed by atoms with Gasteiger partial charge in [0.15, 0.2) is 0 Å². The predicted octanol–water partition coefficient (Wildman–Crippen LogP) is 3.46. The van der Waals surface area contributed by atoms with Gasteiger partial charge in [0.05, 0.1) is 18.0 Å². The lowest BCUT2D eigenvalue weighted by atomic mass is 10.0. The van der Waals surface area contributed by atoms with Gasteiger partial charge in [0.1, 0.15) is 5.75 Å². The molecule has 2 rings (SSSR count). The van der Waals surface area contributed by atoms with Crippen LogP contribution < -0.4 is 0 Å². The molecule has 4 nitrogen and oxygen atoms in total. The molecule has 0 aliphatic heterocycles. The van der Waals surface area contributed by atoms with E-state index in [2.05, 4.69) is 23.8 Å². The molecule has 0 aliphatic carbocycles. The summed E-state index contributed by atoms with van der Waals surface area (Å²) in [4.78, 5) is 8.39. The van der Waals surface area contributed by atoms with E-state index in [4.69, 9.17) is 0 Å². The molecule has 1 aromatic heterocycles. The van der Waals surface area contributed by atoms with E-state index in [1.807, 2.05) is 24.3 Å². The molecule has 4 heteroatoms. The highest BCUT2D eigenvalue weighted by molar-refractivity contribution is 5.87. The summed E-state index contributed by atoms with van der Waals surface area (Å²) in [6.45, 7) is 5.81. The summed E-state index contributed by atoms with van der Waals surface area (Å²) < 4.78 is 0. The van der Waals surface area contributed by atoms with Crippen molar-refractivity contribution in [3.05, 3.63) is 52.8 Å². The largest absolute Gasteiger partial charge is 0.505 e. The molecule has 0 spiro atoms. The van der Waals surface area contributed by atoms with E-state index in [0.717, 1.165) is 5.69 Å². The number of aliphatic hydroxyl groups is 1. The number of hydrogen-bond acceptors (Lipinski definition) is 4. The van der Waals surface area contributed by atoms with Crippen LogP contribution in [0.3, 0.4) is 0 Å². The lowest BCUT2D eigenvalue weighted by molar-refractivity contribution is 0.280. The molecule has 21 heavy (non-hydrogen) atoms.